The maximum Gasteiger partial charge on any atom is 0.338 e. The van der Waals surface area contributed by atoms with E-state index in [0.29, 0.717) is 5.02 Å². The van der Waals surface area contributed by atoms with Crippen molar-refractivity contribution in [3.05, 3.63) is 64.7 Å². The summed E-state index contributed by atoms with van der Waals surface area (Å²) in [6, 6.07) is 12.3. The molecule has 9 heteroatoms. The number of carbonyl (C=O) groups is 2. The number of carbonyl (C=O) groups excluding carboxylic acids is 2. The third-order valence-electron chi connectivity index (χ3n) is 3.36. The summed E-state index contributed by atoms with van der Waals surface area (Å²) in [5, 5.41) is 3.15. The van der Waals surface area contributed by atoms with E-state index < -0.39 is 28.5 Å². The maximum atomic E-state index is 12.0. The lowest BCUT2D eigenvalue weighted by molar-refractivity contribution is -0.124. The van der Waals surface area contributed by atoms with Gasteiger partial charge in [-0.25, -0.2) is 17.9 Å². The second-order valence-corrected chi connectivity index (χ2v) is 7.54. The molecule has 0 radical (unpaired) electrons. The summed E-state index contributed by atoms with van der Waals surface area (Å²) in [6.07, 6.45) is 0. The lowest BCUT2D eigenvalue weighted by Crippen LogP contribution is -2.28. The van der Waals surface area contributed by atoms with Crippen LogP contribution in [0.5, 0.6) is 0 Å². The van der Waals surface area contributed by atoms with E-state index in [9.17, 15) is 18.0 Å². The van der Waals surface area contributed by atoms with Gasteiger partial charge in [0, 0.05) is 11.6 Å². The van der Waals surface area contributed by atoms with Gasteiger partial charge in [-0.05, 0) is 42.9 Å². The summed E-state index contributed by atoms with van der Waals surface area (Å²) >= 11 is 5.86. The Hall–Kier alpha value is -2.42. The highest BCUT2D eigenvalue weighted by atomic mass is 35.5. The van der Waals surface area contributed by atoms with Gasteiger partial charge in [-0.2, -0.15) is 0 Å². The van der Waals surface area contributed by atoms with Gasteiger partial charge in [0.25, 0.3) is 5.91 Å². The van der Waals surface area contributed by atoms with Crippen molar-refractivity contribution >= 4 is 33.5 Å². The molecule has 2 rings (SSSR count). The first kappa shape index (κ1) is 19.9. The van der Waals surface area contributed by atoms with Crippen LogP contribution in [0.3, 0.4) is 0 Å². The number of rotatable bonds is 7. The molecule has 0 spiro atoms. The first-order chi connectivity index (χ1) is 12.3. The van der Waals surface area contributed by atoms with Crippen LogP contribution in [0.4, 0.5) is 0 Å². The van der Waals surface area contributed by atoms with Gasteiger partial charge in [0.05, 0.1) is 10.5 Å². The third kappa shape index (κ3) is 5.55. The fraction of sp³-hybridized carbons (Fsp3) is 0.176. The van der Waals surface area contributed by atoms with E-state index in [4.69, 9.17) is 16.3 Å². The Kier molecular flexibility index (Phi) is 6.73. The zero-order chi connectivity index (χ0) is 19.2. The van der Waals surface area contributed by atoms with Crippen LogP contribution < -0.4 is 10.0 Å². The Labute approximate surface area is 156 Å². The van der Waals surface area contributed by atoms with Crippen molar-refractivity contribution < 1.29 is 22.7 Å². The summed E-state index contributed by atoms with van der Waals surface area (Å²) in [6.45, 7) is -0.241. The van der Waals surface area contributed by atoms with Crippen molar-refractivity contribution in [2.75, 3.05) is 13.7 Å². The molecule has 138 valence electrons. The second-order valence-electron chi connectivity index (χ2n) is 5.22. The monoisotopic (exact) mass is 396 g/mol. The SMILES string of the molecule is CNS(=O)(=O)c1cccc(C(=O)OCC(=O)NCc2cccc(Cl)c2)c1. The van der Waals surface area contributed by atoms with Crippen molar-refractivity contribution in [1.82, 2.24) is 10.0 Å². The van der Waals surface area contributed by atoms with E-state index >= 15 is 0 Å². The number of halogens is 1. The molecule has 1 amide bonds. The molecule has 0 aliphatic heterocycles. The van der Waals surface area contributed by atoms with Crippen molar-refractivity contribution in [3.63, 3.8) is 0 Å². The molecule has 0 atom stereocenters. The molecule has 0 saturated heterocycles. The first-order valence-electron chi connectivity index (χ1n) is 7.54. The Morgan fingerprint density at radius 2 is 1.85 bits per heavy atom. The molecule has 0 bridgehead atoms. The molecule has 0 aromatic heterocycles. The van der Waals surface area contributed by atoms with E-state index in [1.54, 1.807) is 24.3 Å². The van der Waals surface area contributed by atoms with Crippen molar-refractivity contribution in [3.8, 4) is 0 Å². The topological polar surface area (TPSA) is 102 Å². The zero-order valence-electron chi connectivity index (χ0n) is 13.9. The van der Waals surface area contributed by atoms with E-state index in [2.05, 4.69) is 10.0 Å². The summed E-state index contributed by atoms with van der Waals surface area (Å²) in [7, 11) is -2.41. The predicted octanol–water partition coefficient (Wildman–Crippen LogP) is 1.72. The molecular formula is C17H17ClN2O5S. The average molecular weight is 397 g/mol. The van der Waals surface area contributed by atoms with Gasteiger partial charge in [0.2, 0.25) is 10.0 Å². The molecule has 0 saturated carbocycles. The highest BCUT2D eigenvalue weighted by molar-refractivity contribution is 7.89. The Morgan fingerprint density at radius 1 is 1.12 bits per heavy atom. The zero-order valence-corrected chi connectivity index (χ0v) is 15.4. The number of ether oxygens (including phenoxy) is 1. The molecule has 2 aromatic rings. The van der Waals surface area contributed by atoms with Crippen LogP contribution in [-0.2, 0) is 26.1 Å². The second kappa shape index (κ2) is 8.79. The summed E-state index contributed by atoms with van der Waals surface area (Å²) in [5.41, 5.74) is 0.839. The van der Waals surface area contributed by atoms with Crippen LogP contribution in [-0.4, -0.2) is 33.9 Å². The first-order valence-corrected chi connectivity index (χ1v) is 9.40. The lowest BCUT2D eigenvalue weighted by atomic mass is 10.2. The Bertz CT molecular complexity index is 915. The number of amides is 1. The van der Waals surface area contributed by atoms with Crippen LogP contribution in [0.1, 0.15) is 15.9 Å². The smallest absolute Gasteiger partial charge is 0.338 e. The average Bonchev–Trinajstić information content (AvgIpc) is 2.64. The minimum atomic E-state index is -3.68. The molecular weight excluding hydrogens is 380 g/mol. The minimum absolute atomic E-state index is 0.0315. The van der Waals surface area contributed by atoms with Crippen LogP contribution >= 0.6 is 11.6 Å². The Morgan fingerprint density at radius 3 is 2.54 bits per heavy atom. The fourth-order valence-electron chi connectivity index (χ4n) is 2.02. The molecule has 2 aromatic carbocycles. The molecule has 0 aliphatic carbocycles. The molecule has 0 fully saturated rings. The van der Waals surface area contributed by atoms with E-state index in [-0.39, 0.29) is 17.0 Å². The van der Waals surface area contributed by atoms with Gasteiger partial charge in [-0.3, -0.25) is 4.79 Å². The minimum Gasteiger partial charge on any atom is -0.452 e. The van der Waals surface area contributed by atoms with E-state index in [0.717, 1.165) is 5.56 Å². The molecule has 7 nitrogen and oxygen atoms in total. The number of benzene rings is 2. The Balaban J connectivity index is 1.90. The summed E-state index contributed by atoms with van der Waals surface area (Å²) in [5.74, 6) is -1.28. The molecule has 0 heterocycles. The predicted molar refractivity (Wildman–Crippen MR) is 96.3 cm³/mol. The third-order valence-corrected chi connectivity index (χ3v) is 5.01. The van der Waals surface area contributed by atoms with Crippen LogP contribution in [0.25, 0.3) is 0 Å². The number of hydrogen-bond donors (Lipinski definition) is 2. The molecule has 26 heavy (non-hydrogen) atoms. The van der Waals surface area contributed by atoms with E-state index in [1.807, 2.05) is 0 Å². The molecule has 2 N–H and O–H groups in total. The number of nitrogens with one attached hydrogen (secondary N) is 2. The standard InChI is InChI=1S/C17H17ClN2O5S/c1-19-26(23,24)15-7-3-5-13(9-15)17(22)25-11-16(21)20-10-12-4-2-6-14(18)8-12/h2-9,19H,10-11H2,1H3,(H,20,21). The molecule has 0 aliphatic rings. The van der Waals surface area contributed by atoms with E-state index in [1.165, 1.54) is 31.3 Å². The van der Waals surface area contributed by atoms with Gasteiger partial charge in [-0.1, -0.05) is 29.8 Å². The van der Waals surface area contributed by atoms with Gasteiger partial charge >= 0.3 is 5.97 Å². The van der Waals surface area contributed by atoms with Crippen LogP contribution in [0, 0.1) is 0 Å². The largest absolute Gasteiger partial charge is 0.452 e. The quantitative estimate of drug-likeness (QED) is 0.694. The van der Waals surface area contributed by atoms with Gasteiger partial charge in [-0.15, -0.1) is 0 Å². The van der Waals surface area contributed by atoms with Crippen molar-refractivity contribution in [2.45, 2.75) is 11.4 Å². The van der Waals surface area contributed by atoms with Crippen molar-refractivity contribution in [1.29, 1.82) is 0 Å². The summed E-state index contributed by atoms with van der Waals surface area (Å²) in [4.78, 5) is 23.7. The normalized spacial score (nSPS) is 11.0. The number of esters is 1. The van der Waals surface area contributed by atoms with Gasteiger partial charge in [0.15, 0.2) is 6.61 Å². The number of hydrogen-bond acceptors (Lipinski definition) is 5. The van der Waals surface area contributed by atoms with Crippen LogP contribution in [0.2, 0.25) is 5.02 Å². The van der Waals surface area contributed by atoms with Crippen LogP contribution in [0.15, 0.2) is 53.4 Å². The lowest BCUT2D eigenvalue weighted by Gasteiger charge is -2.08. The maximum absolute atomic E-state index is 12.0. The highest BCUT2D eigenvalue weighted by Gasteiger charge is 2.16. The molecule has 0 unspecified atom stereocenters. The highest BCUT2D eigenvalue weighted by Crippen LogP contribution is 2.12. The fourth-order valence-corrected chi connectivity index (χ4v) is 3.01. The van der Waals surface area contributed by atoms with Gasteiger partial charge < -0.3 is 10.1 Å². The summed E-state index contributed by atoms with van der Waals surface area (Å²) < 4.78 is 30.6. The van der Waals surface area contributed by atoms with Crippen molar-refractivity contribution in [2.24, 2.45) is 0 Å². The number of sulfonamides is 1. The van der Waals surface area contributed by atoms with Gasteiger partial charge in [0.1, 0.15) is 0 Å².